The van der Waals surface area contributed by atoms with Gasteiger partial charge in [0.25, 0.3) is 0 Å². The minimum absolute atomic E-state index is 0.0247. The molecule has 1 saturated heterocycles. The minimum Gasteiger partial charge on any atom is -0.394 e. The first-order valence-corrected chi connectivity index (χ1v) is 6.11. The van der Waals surface area contributed by atoms with Crippen LogP contribution in [0, 0.1) is 11.8 Å². The van der Waals surface area contributed by atoms with Crippen LogP contribution in [0.4, 0.5) is 0 Å². The fourth-order valence-electron chi connectivity index (χ4n) is 2.68. The maximum Gasteiger partial charge on any atom is 0.0863 e. The highest BCUT2D eigenvalue weighted by molar-refractivity contribution is 4.95. The van der Waals surface area contributed by atoms with Crippen LogP contribution in [0.1, 0.15) is 27.2 Å². The van der Waals surface area contributed by atoms with E-state index in [2.05, 4.69) is 20.8 Å². The molecule has 0 spiro atoms. The molecule has 0 aliphatic carbocycles. The van der Waals surface area contributed by atoms with Crippen molar-refractivity contribution in [2.75, 3.05) is 13.7 Å². The van der Waals surface area contributed by atoms with Gasteiger partial charge in [-0.1, -0.05) is 20.8 Å². The zero-order chi connectivity index (χ0) is 12.3. The Balaban J connectivity index is 2.85. The van der Waals surface area contributed by atoms with Crippen molar-refractivity contribution < 1.29 is 14.6 Å². The van der Waals surface area contributed by atoms with Gasteiger partial charge in [0.15, 0.2) is 0 Å². The Kier molecular flexibility index (Phi) is 5.18. The van der Waals surface area contributed by atoms with E-state index in [9.17, 15) is 5.11 Å². The van der Waals surface area contributed by atoms with Gasteiger partial charge in [-0.15, -0.1) is 0 Å². The van der Waals surface area contributed by atoms with Crippen LogP contribution in [0.5, 0.6) is 0 Å². The van der Waals surface area contributed by atoms with Gasteiger partial charge in [-0.3, -0.25) is 0 Å². The molecule has 0 saturated carbocycles. The summed E-state index contributed by atoms with van der Waals surface area (Å²) in [6.07, 6.45) is 0.692. The van der Waals surface area contributed by atoms with Crippen molar-refractivity contribution in [1.29, 1.82) is 0 Å². The zero-order valence-electron chi connectivity index (χ0n) is 10.7. The largest absolute Gasteiger partial charge is 0.394 e. The van der Waals surface area contributed by atoms with Crippen LogP contribution < -0.4 is 5.73 Å². The van der Waals surface area contributed by atoms with Gasteiger partial charge in [0.1, 0.15) is 0 Å². The molecule has 3 N–H and O–H groups in total. The molecule has 4 heteroatoms. The summed E-state index contributed by atoms with van der Waals surface area (Å²) in [7, 11) is 1.68. The lowest BCUT2D eigenvalue weighted by Gasteiger charge is -2.46. The number of rotatable bonds is 4. The molecule has 0 aromatic heterocycles. The summed E-state index contributed by atoms with van der Waals surface area (Å²) in [5.41, 5.74) is 6.19. The zero-order valence-corrected chi connectivity index (χ0v) is 10.7. The first-order chi connectivity index (χ1) is 7.56. The van der Waals surface area contributed by atoms with Crippen LogP contribution in [0.2, 0.25) is 0 Å². The summed E-state index contributed by atoms with van der Waals surface area (Å²) in [6, 6.07) is -0.113. The Morgan fingerprint density at radius 1 is 1.44 bits per heavy atom. The summed E-state index contributed by atoms with van der Waals surface area (Å²) in [4.78, 5) is 0. The molecule has 96 valence electrons. The second kappa shape index (κ2) is 5.96. The van der Waals surface area contributed by atoms with E-state index in [0.29, 0.717) is 5.92 Å². The third-order valence-electron chi connectivity index (χ3n) is 3.57. The van der Waals surface area contributed by atoms with Gasteiger partial charge >= 0.3 is 0 Å². The lowest BCUT2D eigenvalue weighted by atomic mass is 9.81. The highest BCUT2D eigenvalue weighted by Gasteiger charge is 2.44. The Morgan fingerprint density at radius 2 is 2.06 bits per heavy atom. The molecular weight excluding hydrogens is 206 g/mol. The molecule has 0 aromatic rings. The normalized spacial score (nSPS) is 40.3. The molecule has 0 aromatic carbocycles. The average molecular weight is 231 g/mol. The average Bonchev–Trinajstić information content (AvgIpc) is 2.27. The SMILES string of the molecule is CCC1C(CO)OC(C(C)C)C(N)C1OC. The molecule has 4 nitrogen and oxygen atoms in total. The van der Waals surface area contributed by atoms with E-state index < -0.39 is 0 Å². The number of hydrogen-bond donors (Lipinski definition) is 2. The second-order valence-corrected chi connectivity index (χ2v) is 4.92. The Morgan fingerprint density at radius 3 is 2.44 bits per heavy atom. The predicted octanol–water partition coefficient (Wildman–Crippen LogP) is 0.771. The third-order valence-corrected chi connectivity index (χ3v) is 3.57. The number of ether oxygens (including phenoxy) is 2. The van der Waals surface area contributed by atoms with Crippen LogP contribution in [0.25, 0.3) is 0 Å². The van der Waals surface area contributed by atoms with Gasteiger partial charge < -0.3 is 20.3 Å². The number of aliphatic hydroxyl groups is 1. The molecule has 1 heterocycles. The van der Waals surface area contributed by atoms with Gasteiger partial charge in [0.2, 0.25) is 0 Å². The molecule has 0 amide bonds. The highest BCUT2D eigenvalue weighted by atomic mass is 16.5. The van der Waals surface area contributed by atoms with Crippen molar-refractivity contribution in [3.05, 3.63) is 0 Å². The molecule has 0 bridgehead atoms. The quantitative estimate of drug-likeness (QED) is 0.750. The van der Waals surface area contributed by atoms with Crippen molar-refractivity contribution >= 4 is 0 Å². The lowest BCUT2D eigenvalue weighted by molar-refractivity contribution is -0.180. The molecule has 1 aliphatic heterocycles. The van der Waals surface area contributed by atoms with E-state index in [1.807, 2.05) is 0 Å². The van der Waals surface area contributed by atoms with E-state index in [1.165, 1.54) is 0 Å². The monoisotopic (exact) mass is 231 g/mol. The van der Waals surface area contributed by atoms with E-state index in [4.69, 9.17) is 15.2 Å². The Bertz CT molecular complexity index is 210. The van der Waals surface area contributed by atoms with Crippen LogP contribution in [0.3, 0.4) is 0 Å². The highest BCUT2D eigenvalue weighted by Crippen LogP contribution is 2.31. The van der Waals surface area contributed by atoms with Gasteiger partial charge in [-0.25, -0.2) is 0 Å². The molecule has 0 radical (unpaired) electrons. The van der Waals surface area contributed by atoms with E-state index >= 15 is 0 Å². The Hall–Kier alpha value is -0.160. The summed E-state index contributed by atoms with van der Waals surface area (Å²) >= 11 is 0. The summed E-state index contributed by atoms with van der Waals surface area (Å²) < 4.78 is 11.4. The van der Waals surface area contributed by atoms with Gasteiger partial charge in [0, 0.05) is 13.0 Å². The molecule has 1 fully saturated rings. The van der Waals surface area contributed by atoms with Crippen LogP contribution in [-0.2, 0) is 9.47 Å². The van der Waals surface area contributed by atoms with Crippen LogP contribution in [-0.4, -0.2) is 43.2 Å². The van der Waals surface area contributed by atoms with E-state index in [0.717, 1.165) is 6.42 Å². The maximum atomic E-state index is 9.37. The second-order valence-electron chi connectivity index (χ2n) is 4.92. The smallest absolute Gasteiger partial charge is 0.0863 e. The minimum atomic E-state index is -0.151. The molecule has 5 atom stereocenters. The maximum absolute atomic E-state index is 9.37. The number of nitrogens with two attached hydrogens (primary N) is 1. The van der Waals surface area contributed by atoms with Crippen LogP contribution >= 0.6 is 0 Å². The van der Waals surface area contributed by atoms with Crippen molar-refractivity contribution in [2.24, 2.45) is 17.6 Å². The van der Waals surface area contributed by atoms with Crippen molar-refractivity contribution in [2.45, 2.75) is 51.5 Å². The Labute approximate surface area is 98.1 Å². The van der Waals surface area contributed by atoms with Crippen LogP contribution in [0.15, 0.2) is 0 Å². The van der Waals surface area contributed by atoms with Gasteiger partial charge in [-0.05, 0) is 12.3 Å². The van der Waals surface area contributed by atoms with Crippen molar-refractivity contribution in [3.8, 4) is 0 Å². The summed E-state index contributed by atoms with van der Waals surface area (Å²) in [6.45, 7) is 6.27. The van der Waals surface area contributed by atoms with Crippen molar-refractivity contribution in [3.63, 3.8) is 0 Å². The molecule has 16 heavy (non-hydrogen) atoms. The van der Waals surface area contributed by atoms with E-state index in [-0.39, 0.29) is 36.9 Å². The molecular formula is C12H25NO3. The molecule has 1 aliphatic rings. The van der Waals surface area contributed by atoms with Gasteiger partial charge in [0.05, 0.1) is 31.0 Å². The number of aliphatic hydroxyl groups excluding tert-OH is 1. The van der Waals surface area contributed by atoms with Crippen molar-refractivity contribution in [1.82, 2.24) is 0 Å². The third kappa shape index (κ3) is 2.56. The summed E-state index contributed by atoms with van der Waals surface area (Å²) in [5.74, 6) is 0.513. The topological polar surface area (TPSA) is 64.7 Å². The summed E-state index contributed by atoms with van der Waals surface area (Å²) in [5, 5.41) is 9.37. The first-order valence-electron chi connectivity index (χ1n) is 6.11. The molecule has 1 rings (SSSR count). The van der Waals surface area contributed by atoms with Gasteiger partial charge in [-0.2, -0.15) is 0 Å². The van der Waals surface area contributed by atoms with E-state index in [1.54, 1.807) is 7.11 Å². The predicted molar refractivity (Wildman–Crippen MR) is 63.1 cm³/mol. The molecule has 5 unspecified atom stereocenters. The number of methoxy groups -OCH3 is 1. The fourth-order valence-corrected chi connectivity index (χ4v) is 2.68. The fraction of sp³-hybridized carbons (Fsp3) is 1.00. The lowest BCUT2D eigenvalue weighted by Crippen LogP contribution is -2.61. The standard InChI is InChI=1S/C12H25NO3/c1-5-8-9(6-14)16-11(7(2)3)10(13)12(8)15-4/h7-12,14H,5-6,13H2,1-4H3. The first kappa shape index (κ1) is 13.9. The number of hydrogen-bond acceptors (Lipinski definition) is 4.